The quantitative estimate of drug-likeness (QED) is 0.893. The third kappa shape index (κ3) is 5.42. The second-order valence-corrected chi connectivity index (χ2v) is 6.44. The number of anilines is 1. The van der Waals surface area contributed by atoms with Gasteiger partial charge >= 0.3 is 6.09 Å². The zero-order valence-electron chi connectivity index (χ0n) is 13.8. The summed E-state index contributed by atoms with van der Waals surface area (Å²) < 4.78 is 5.30. The minimum atomic E-state index is -0.547. The second-order valence-electron chi connectivity index (χ2n) is 6.44. The number of rotatable bonds is 4. The predicted octanol–water partition coefficient (Wildman–Crippen LogP) is 4.12. The number of nitrogens with one attached hydrogen (secondary N) is 1. The van der Waals surface area contributed by atoms with Crippen LogP contribution < -0.4 is 5.32 Å². The molecule has 2 N–H and O–H groups in total. The molecule has 0 radical (unpaired) electrons. The van der Waals surface area contributed by atoms with Gasteiger partial charge in [0.25, 0.3) is 0 Å². The van der Waals surface area contributed by atoms with Crippen molar-refractivity contribution >= 4 is 11.8 Å². The average Bonchev–Trinajstić information content (AvgIpc) is 2.48. The number of carbonyl (C=O) groups is 1. The van der Waals surface area contributed by atoms with Gasteiger partial charge in [-0.25, -0.2) is 4.79 Å². The fourth-order valence-electron chi connectivity index (χ4n) is 2.24. The maximum Gasteiger partial charge on any atom is 0.412 e. The van der Waals surface area contributed by atoms with Gasteiger partial charge in [0.2, 0.25) is 0 Å². The lowest BCUT2D eigenvalue weighted by Gasteiger charge is -2.20. The maximum atomic E-state index is 12.0. The van der Waals surface area contributed by atoms with Crippen molar-refractivity contribution in [3.8, 4) is 0 Å². The zero-order valence-corrected chi connectivity index (χ0v) is 13.8. The van der Waals surface area contributed by atoms with Crippen LogP contribution in [0.5, 0.6) is 0 Å². The highest BCUT2D eigenvalue weighted by Crippen LogP contribution is 2.22. The minimum absolute atomic E-state index is 0.0332. The van der Waals surface area contributed by atoms with Crippen LogP contribution >= 0.6 is 0 Å². The Bertz CT molecular complexity index is 660. The number of hydrogen-bond acceptors (Lipinski definition) is 3. The van der Waals surface area contributed by atoms with Crippen molar-refractivity contribution < 1.29 is 14.6 Å². The largest absolute Gasteiger partial charge is 0.444 e. The van der Waals surface area contributed by atoms with Crippen LogP contribution in [0.25, 0.3) is 0 Å². The van der Waals surface area contributed by atoms with Crippen molar-refractivity contribution in [2.75, 3.05) is 5.32 Å². The number of amides is 1. The van der Waals surface area contributed by atoms with Gasteiger partial charge < -0.3 is 9.84 Å². The Kier molecular flexibility index (Phi) is 5.40. The van der Waals surface area contributed by atoms with E-state index in [2.05, 4.69) is 5.32 Å². The number of carbonyl (C=O) groups excluding carboxylic acids is 1. The van der Waals surface area contributed by atoms with Crippen LogP contribution in [0.15, 0.2) is 48.5 Å². The molecule has 2 rings (SSSR count). The predicted molar refractivity (Wildman–Crippen MR) is 91.5 cm³/mol. The molecule has 0 bridgehead atoms. The second kappa shape index (κ2) is 7.29. The molecule has 2 aromatic carbocycles. The van der Waals surface area contributed by atoms with E-state index in [0.29, 0.717) is 12.1 Å². The molecule has 0 heterocycles. The van der Waals surface area contributed by atoms with Gasteiger partial charge in [-0.1, -0.05) is 42.5 Å². The van der Waals surface area contributed by atoms with Crippen molar-refractivity contribution in [3.05, 3.63) is 65.2 Å². The highest BCUT2D eigenvalue weighted by Gasteiger charge is 2.17. The Morgan fingerprint density at radius 3 is 2.39 bits per heavy atom. The molecule has 4 nitrogen and oxygen atoms in total. The Morgan fingerprint density at radius 2 is 1.78 bits per heavy atom. The normalized spacial score (nSPS) is 11.1. The lowest BCUT2D eigenvalue weighted by atomic mass is 10.0. The summed E-state index contributed by atoms with van der Waals surface area (Å²) >= 11 is 0. The first-order valence-corrected chi connectivity index (χ1v) is 7.64. The highest BCUT2D eigenvalue weighted by molar-refractivity contribution is 5.86. The first-order chi connectivity index (χ1) is 10.9. The molecule has 0 atom stereocenters. The summed E-state index contributed by atoms with van der Waals surface area (Å²) in [6.07, 6.45) is 0.184. The smallest absolute Gasteiger partial charge is 0.412 e. The van der Waals surface area contributed by atoms with Crippen molar-refractivity contribution in [1.29, 1.82) is 0 Å². The Morgan fingerprint density at radius 1 is 1.09 bits per heavy atom. The number of aliphatic hydroxyl groups excluding tert-OH is 1. The van der Waals surface area contributed by atoms with E-state index in [4.69, 9.17) is 4.74 Å². The lowest BCUT2D eigenvalue weighted by Crippen LogP contribution is -2.27. The summed E-state index contributed by atoms with van der Waals surface area (Å²) in [6.45, 7) is 5.44. The summed E-state index contributed by atoms with van der Waals surface area (Å²) in [4.78, 5) is 12.0. The van der Waals surface area contributed by atoms with Crippen LogP contribution in [-0.2, 0) is 17.8 Å². The molecular formula is C19H23NO3. The summed E-state index contributed by atoms with van der Waals surface area (Å²) in [5.41, 5.74) is 3.03. The van der Waals surface area contributed by atoms with Gasteiger partial charge in [-0.15, -0.1) is 0 Å². The third-order valence-electron chi connectivity index (χ3n) is 3.23. The Balaban J connectivity index is 2.23. The molecule has 0 saturated heterocycles. The first kappa shape index (κ1) is 17.0. The van der Waals surface area contributed by atoms with E-state index in [1.165, 1.54) is 0 Å². The van der Waals surface area contributed by atoms with E-state index >= 15 is 0 Å². The summed E-state index contributed by atoms with van der Waals surface area (Å²) in [7, 11) is 0. The van der Waals surface area contributed by atoms with Crippen LogP contribution in [0.3, 0.4) is 0 Å². The van der Waals surface area contributed by atoms with Crippen LogP contribution in [-0.4, -0.2) is 16.8 Å². The maximum absolute atomic E-state index is 12.0. The summed E-state index contributed by atoms with van der Waals surface area (Å²) in [5.74, 6) is 0. The summed E-state index contributed by atoms with van der Waals surface area (Å²) in [5, 5.41) is 12.1. The summed E-state index contributed by atoms with van der Waals surface area (Å²) in [6, 6.07) is 15.5. The molecule has 1 amide bonds. The molecule has 0 aliphatic carbocycles. The van der Waals surface area contributed by atoms with Gasteiger partial charge in [0, 0.05) is 5.69 Å². The molecule has 0 saturated carbocycles. The molecule has 0 aromatic heterocycles. The SMILES string of the molecule is CC(C)(C)OC(=O)Nc1ccc(CO)cc1Cc1ccccc1. The fraction of sp³-hybridized carbons (Fsp3) is 0.316. The van der Waals surface area contributed by atoms with Gasteiger partial charge in [-0.3, -0.25) is 5.32 Å². The van der Waals surface area contributed by atoms with Crippen molar-refractivity contribution in [1.82, 2.24) is 0 Å². The molecule has 4 heteroatoms. The fourth-order valence-corrected chi connectivity index (χ4v) is 2.24. The molecule has 0 aliphatic rings. The van der Waals surface area contributed by atoms with E-state index in [9.17, 15) is 9.90 Å². The molecule has 2 aromatic rings. The van der Waals surface area contributed by atoms with E-state index in [1.54, 1.807) is 12.1 Å². The molecule has 0 spiro atoms. The lowest BCUT2D eigenvalue weighted by molar-refractivity contribution is 0.0636. The van der Waals surface area contributed by atoms with Crippen LogP contribution in [0.4, 0.5) is 10.5 Å². The number of benzene rings is 2. The van der Waals surface area contributed by atoms with Crippen LogP contribution in [0.2, 0.25) is 0 Å². The number of ether oxygens (including phenoxy) is 1. The molecule has 122 valence electrons. The molecular weight excluding hydrogens is 290 g/mol. The molecule has 0 fully saturated rings. The van der Waals surface area contributed by atoms with Gasteiger partial charge in [0.15, 0.2) is 0 Å². The van der Waals surface area contributed by atoms with Gasteiger partial charge in [-0.2, -0.15) is 0 Å². The first-order valence-electron chi connectivity index (χ1n) is 7.64. The van der Waals surface area contributed by atoms with E-state index in [0.717, 1.165) is 16.7 Å². The van der Waals surface area contributed by atoms with Gasteiger partial charge in [0.1, 0.15) is 5.60 Å². The van der Waals surface area contributed by atoms with Crippen molar-refractivity contribution in [3.63, 3.8) is 0 Å². The monoisotopic (exact) mass is 313 g/mol. The van der Waals surface area contributed by atoms with Crippen LogP contribution in [0.1, 0.15) is 37.5 Å². The third-order valence-corrected chi connectivity index (χ3v) is 3.23. The van der Waals surface area contributed by atoms with E-state index in [1.807, 2.05) is 57.2 Å². The van der Waals surface area contributed by atoms with Gasteiger partial charge in [0.05, 0.1) is 6.61 Å². The van der Waals surface area contributed by atoms with Gasteiger partial charge in [-0.05, 0) is 49.9 Å². The van der Waals surface area contributed by atoms with Crippen LogP contribution in [0, 0.1) is 0 Å². The zero-order chi connectivity index (χ0) is 16.9. The number of aliphatic hydroxyl groups is 1. The topological polar surface area (TPSA) is 58.6 Å². The average molecular weight is 313 g/mol. The molecule has 23 heavy (non-hydrogen) atoms. The molecule has 0 unspecified atom stereocenters. The number of hydrogen-bond donors (Lipinski definition) is 2. The van der Waals surface area contributed by atoms with Crippen molar-refractivity contribution in [2.24, 2.45) is 0 Å². The Hall–Kier alpha value is -2.33. The van der Waals surface area contributed by atoms with E-state index in [-0.39, 0.29) is 6.61 Å². The highest BCUT2D eigenvalue weighted by atomic mass is 16.6. The van der Waals surface area contributed by atoms with E-state index < -0.39 is 11.7 Å². The minimum Gasteiger partial charge on any atom is -0.444 e. The van der Waals surface area contributed by atoms with Crippen molar-refractivity contribution in [2.45, 2.75) is 39.4 Å². The Labute approximate surface area is 137 Å². The molecule has 0 aliphatic heterocycles. The standard InChI is InChI=1S/C19H23NO3/c1-19(2,3)23-18(22)20-17-10-9-15(13-21)12-16(17)11-14-7-5-4-6-8-14/h4-10,12,21H,11,13H2,1-3H3,(H,20,22).